The van der Waals surface area contributed by atoms with Crippen molar-refractivity contribution in [3.63, 3.8) is 0 Å². The highest BCUT2D eigenvalue weighted by atomic mass is 32.1. The number of hydrogen-bond acceptors (Lipinski definition) is 7. The zero-order valence-corrected chi connectivity index (χ0v) is 18.1. The van der Waals surface area contributed by atoms with Crippen LogP contribution in [-0.4, -0.2) is 21.7 Å². The molecule has 0 saturated carbocycles. The fourth-order valence-electron chi connectivity index (χ4n) is 2.90. The summed E-state index contributed by atoms with van der Waals surface area (Å²) in [6, 6.07) is 11.4. The summed E-state index contributed by atoms with van der Waals surface area (Å²) in [6.45, 7) is 0. The molecule has 178 valence electrons. The molecule has 2 aromatic carbocycles. The first-order valence-electron chi connectivity index (χ1n) is 9.71. The molecule has 0 fully saturated rings. The van der Waals surface area contributed by atoms with Gasteiger partial charge in [-0.25, -0.2) is 4.98 Å². The maximum atomic E-state index is 12.6. The van der Waals surface area contributed by atoms with Crippen LogP contribution >= 0.6 is 11.3 Å². The van der Waals surface area contributed by atoms with Crippen molar-refractivity contribution in [3.8, 4) is 0 Å². The lowest BCUT2D eigenvalue weighted by Gasteiger charge is -2.05. The van der Waals surface area contributed by atoms with Gasteiger partial charge in [0.1, 0.15) is 4.92 Å². The number of aromatic nitrogens is 1. The summed E-state index contributed by atoms with van der Waals surface area (Å²) in [7, 11) is 0. The number of halogens is 3. The van der Waals surface area contributed by atoms with Gasteiger partial charge in [-0.2, -0.15) is 13.2 Å². The van der Waals surface area contributed by atoms with E-state index in [-0.39, 0.29) is 10.9 Å². The summed E-state index contributed by atoms with van der Waals surface area (Å²) in [5.41, 5.74) is 0.559. The fourth-order valence-corrected chi connectivity index (χ4v) is 3.81. The smallest absolute Gasteiger partial charge is 0.395 e. The first-order chi connectivity index (χ1) is 16.6. The molecule has 2 N–H and O–H groups in total. The van der Waals surface area contributed by atoms with Gasteiger partial charge in [0.05, 0.1) is 21.8 Å². The number of alkyl halides is 3. The Kier molecular flexibility index (Phi) is 6.34. The number of furan rings is 1. The standard InChI is InChI=1S/C22H13F3N4O5S/c23-22(24,25)13-4-1-12(2-5-13)3-9-18(30)28-21-27-15-7-6-14(11-17(15)35-21)26-20(31)16-8-10-19(34-16)29(32)33/h1-11H,(H,26,31)(H,27,28,30). The van der Waals surface area contributed by atoms with E-state index >= 15 is 0 Å². The normalized spacial score (nSPS) is 11.6. The van der Waals surface area contributed by atoms with Gasteiger partial charge in [-0.15, -0.1) is 0 Å². The number of thiazole rings is 1. The number of carbonyl (C=O) groups is 2. The van der Waals surface area contributed by atoms with Crippen LogP contribution in [0, 0.1) is 10.1 Å². The van der Waals surface area contributed by atoms with Crippen molar-refractivity contribution < 1.29 is 32.1 Å². The maximum absolute atomic E-state index is 12.6. The highest BCUT2D eigenvalue weighted by molar-refractivity contribution is 7.22. The Morgan fingerprint density at radius 3 is 2.46 bits per heavy atom. The Labute approximate surface area is 198 Å². The van der Waals surface area contributed by atoms with E-state index in [1.165, 1.54) is 30.4 Å². The predicted molar refractivity (Wildman–Crippen MR) is 122 cm³/mol. The summed E-state index contributed by atoms with van der Waals surface area (Å²) >= 11 is 1.13. The Hall–Kier alpha value is -4.52. The number of carbonyl (C=O) groups excluding carboxylic acids is 2. The fraction of sp³-hybridized carbons (Fsp3) is 0.0455. The van der Waals surface area contributed by atoms with Crippen LogP contribution in [0.5, 0.6) is 0 Å². The molecule has 0 bridgehead atoms. The minimum atomic E-state index is -4.44. The average molecular weight is 502 g/mol. The molecule has 9 nitrogen and oxygen atoms in total. The second-order valence-corrected chi connectivity index (χ2v) is 8.02. The number of anilines is 2. The summed E-state index contributed by atoms with van der Waals surface area (Å²) in [5, 5.41) is 16.1. The zero-order valence-electron chi connectivity index (χ0n) is 17.3. The molecule has 2 heterocycles. The molecular formula is C22H13F3N4O5S. The number of hydrogen-bond donors (Lipinski definition) is 2. The molecule has 35 heavy (non-hydrogen) atoms. The van der Waals surface area contributed by atoms with Crippen molar-refractivity contribution in [2.45, 2.75) is 6.18 Å². The first kappa shape index (κ1) is 23.6. The molecule has 4 rings (SSSR count). The summed E-state index contributed by atoms with van der Waals surface area (Å²) < 4.78 is 43.4. The lowest BCUT2D eigenvalue weighted by molar-refractivity contribution is -0.402. The summed E-state index contributed by atoms with van der Waals surface area (Å²) in [4.78, 5) is 38.6. The van der Waals surface area contributed by atoms with Gasteiger partial charge in [0.15, 0.2) is 10.9 Å². The number of nitro groups is 1. The summed E-state index contributed by atoms with van der Waals surface area (Å²) in [5.74, 6) is -1.99. The van der Waals surface area contributed by atoms with Gasteiger partial charge < -0.3 is 9.73 Å². The predicted octanol–water partition coefficient (Wildman–Crippen LogP) is 5.72. The third-order valence-corrected chi connectivity index (χ3v) is 5.47. The quantitative estimate of drug-likeness (QED) is 0.197. The molecule has 4 aromatic rings. The van der Waals surface area contributed by atoms with Crippen molar-refractivity contribution in [2.24, 2.45) is 0 Å². The number of amides is 2. The van der Waals surface area contributed by atoms with Crippen molar-refractivity contribution in [1.29, 1.82) is 0 Å². The second kappa shape index (κ2) is 9.38. The third-order valence-electron chi connectivity index (χ3n) is 4.54. The van der Waals surface area contributed by atoms with Crippen LogP contribution in [0.25, 0.3) is 16.3 Å². The van der Waals surface area contributed by atoms with Crippen molar-refractivity contribution in [2.75, 3.05) is 10.6 Å². The lowest BCUT2D eigenvalue weighted by Crippen LogP contribution is -2.10. The molecule has 0 unspecified atom stereocenters. The molecular weight excluding hydrogens is 489 g/mol. The molecule has 0 saturated heterocycles. The van der Waals surface area contributed by atoms with Crippen LogP contribution in [0.1, 0.15) is 21.7 Å². The number of rotatable bonds is 6. The largest absolute Gasteiger partial charge is 0.433 e. The topological polar surface area (TPSA) is 127 Å². The third kappa shape index (κ3) is 5.70. The molecule has 0 aliphatic heterocycles. The van der Waals surface area contributed by atoms with Gasteiger partial charge in [0.2, 0.25) is 5.91 Å². The van der Waals surface area contributed by atoms with E-state index in [2.05, 4.69) is 15.6 Å². The van der Waals surface area contributed by atoms with Crippen LogP contribution in [0.15, 0.2) is 65.1 Å². The van der Waals surface area contributed by atoms with E-state index in [4.69, 9.17) is 4.42 Å². The van der Waals surface area contributed by atoms with E-state index in [1.807, 2.05) is 0 Å². The van der Waals surface area contributed by atoms with E-state index in [0.29, 0.717) is 21.5 Å². The van der Waals surface area contributed by atoms with E-state index in [0.717, 1.165) is 29.5 Å². The number of benzene rings is 2. The highest BCUT2D eigenvalue weighted by Crippen LogP contribution is 2.30. The number of nitrogens with one attached hydrogen (secondary N) is 2. The number of nitrogens with zero attached hydrogens (tertiary/aromatic N) is 2. The molecule has 0 spiro atoms. The van der Waals surface area contributed by atoms with E-state index in [1.54, 1.807) is 18.2 Å². The molecule has 2 amide bonds. The minimum absolute atomic E-state index is 0.228. The van der Waals surface area contributed by atoms with Gasteiger partial charge in [0, 0.05) is 11.8 Å². The molecule has 13 heteroatoms. The SMILES string of the molecule is O=C(C=Cc1ccc(C(F)(F)F)cc1)Nc1nc2ccc(NC(=O)c3ccc([N+](=O)[O-])o3)cc2s1. The number of fused-ring (bicyclic) bond motifs is 1. The van der Waals surface area contributed by atoms with Crippen LogP contribution < -0.4 is 10.6 Å². The minimum Gasteiger partial charge on any atom is -0.395 e. The molecule has 0 radical (unpaired) electrons. The van der Waals surface area contributed by atoms with Crippen LogP contribution in [-0.2, 0) is 11.0 Å². The van der Waals surface area contributed by atoms with Crippen LogP contribution in [0.3, 0.4) is 0 Å². The van der Waals surface area contributed by atoms with Crippen molar-refractivity contribution in [1.82, 2.24) is 4.98 Å². The molecule has 0 atom stereocenters. The van der Waals surface area contributed by atoms with Crippen LogP contribution in [0.2, 0.25) is 0 Å². The second-order valence-electron chi connectivity index (χ2n) is 6.99. The van der Waals surface area contributed by atoms with Gasteiger partial charge in [-0.3, -0.25) is 25.0 Å². The van der Waals surface area contributed by atoms with Gasteiger partial charge in [0.25, 0.3) is 5.91 Å². The Morgan fingerprint density at radius 2 is 1.80 bits per heavy atom. The van der Waals surface area contributed by atoms with Crippen molar-refractivity contribution in [3.05, 3.63) is 87.7 Å². The molecule has 0 aliphatic rings. The summed E-state index contributed by atoms with van der Waals surface area (Å²) in [6.07, 6.45) is -1.90. The van der Waals surface area contributed by atoms with E-state index < -0.39 is 34.4 Å². The first-order valence-corrected chi connectivity index (χ1v) is 10.5. The van der Waals surface area contributed by atoms with Crippen molar-refractivity contribution >= 4 is 56.1 Å². The molecule has 2 aromatic heterocycles. The van der Waals surface area contributed by atoms with Gasteiger partial charge in [-0.1, -0.05) is 23.5 Å². The average Bonchev–Trinajstić information content (AvgIpc) is 3.44. The van der Waals surface area contributed by atoms with Gasteiger partial charge in [-0.05, 0) is 48.0 Å². The van der Waals surface area contributed by atoms with Gasteiger partial charge >= 0.3 is 12.1 Å². The highest BCUT2D eigenvalue weighted by Gasteiger charge is 2.29. The zero-order chi connectivity index (χ0) is 25.2. The molecule has 0 aliphatic carbocycles. The van der Waals surface area contributed by atoms with E-state index in [9.17, 15) is 32.9 Å². The maximum Gasteiger partial charge on any atom is 0.433 e. The Bertz CT molecular complexity index is 1460. The Morgan fingerprint density at radius 1 is 1.06 bits per heavy atom. The lowest BCUT2D eigenvalue weighted by atomic mass is 10.1. The Balaban J connectivity index is 1.40. The monoisotopic (exact) mass is 502 g/mol. The van der Waals surface area contributed by atoms with Crippen LogP contribution in [0.4, 0.5) is 29.9 Å².